The van der Waals surface area contributed by atoms with Gasteiger partial charge in [0.25, 0.3) is 5.91 Å². The highest BCUT2D eigenvalue weighted by molar-refractivity contribution is 5.91. The van der Waals surface area contributed by atoms with E-state index in [-0.39, 0.29) is 48.4 Å². The second kappa shape index (κ2) is 10.6. The number of pyridine rings is 1. The van der Waals surface area contributed by atoms with Crippen molar-refractivity contribution >= 4 is 11.8 Å². The van der Waals surface area contributed by atoms with Gasteiger partial charge in [-0.15, -0.1) is 0 Å². The van der Waals surface area contributed by atoms with Gasteiger partial charge in [-0.3, -0.25) is 14.6 Å². The highest BCUT2D eigenvalue weighted by atomic mass is 19.1. The average Bonchev–Trinajstić information content (AvgIpc) is 3.40. The molecular weight excluding hydrogens is 475 g/mol. The standard InChI is InChI=1S/C28H25FN4O4/c1-18(34)33-13-11-19-7-10-23(14-24(19)27(33)20-5-8-21(29)9-6-20)36-17-26-32-25(16-37-26)28(35)31-15-22-4-2-3-12-30-22/h2-10,12,14,16,27H,11,13,15,17H2,1H3,(H,31,35). The Bertz CT molecular complexity index is 1410. The Morgan fingerprint density at radius 1 is 1.16 bits per heavy atom. The number of nitrogens with zero attached hydrogens (tertiary/aromatic N) is 3. The Balaban J connectivity index is 1.29. The summed E-state index contributed by atoms with van der Waals surface area (Å²) in [4.78, 5) is 35.0. The molecule has 1 unspecified atom stereocenters. The lowest BCUT2D eigenvalue weighted by atomic mass is 9.88. The molecule has 9 heteroatoms. The van der Waals surface area contributed by atoms with Gasteiger partial charge in [-0.1, -0.05) is 24.3 Å². The topological polar surface area (TPSA) is 97.6 Å². The van der Waals surface area contributed by atoms with Gasteiger partial charge in [0, 0.05) is 19.7 Å². The molecule has 0 aliphatic carbocycles. The van der Waals surface area contributed by atoms with E-state index in [0.29, 0.717) is 18.7 Å². The summed E-state index contributed by atoms with van der Waals surface area (Å²) in [7, 11) is 0. The van der Waals surface area contributed by atoms with E-state index in [1.54, 1.807) is 29.3 Å². The third kappa shape index (κ3) is 5.50. The molecule has 5 rings (SSSR count). The smallest absolute Gasteiger partial charge is 0.273 e. The maximum absolute atomic E-state index is 13.6. The van der Waals surface area contributed by atoms with E-state index in [1.165, 1.54) is 25.3 Å². The molecule has 2 aromatic heterocycles. The van der Waals surface area contributed by atoms with Gasteiger partial charge < -0.3 is 19.4 Å². The van der Waals surface area contributed by atoms with Crippen molar-refractivity contribution in [3.8, 4) is 5.75 Å². The second-order valence-corrected chi connectivity index (χ2v) is 8.70. The van der Waals surface area contributed by atoms with Crippen LogP contribution in [-0.4, -0.2) is 33.2 Å². The van der Waals surface area contributed by atoms with E-state index in [2.05, 4.69) is 15.3 Å². The molecule has 0 spiro atoms. The van der Waals surface area contributed by atoms with E-state index in [4.69, 9.17) is 9.15 Å². The van der Waals surface area contributed by atoms with E-state index < -0.39 is 0 Å². The van der Waals surface area contributed by atoms with Gasteiger partial charge in [-0.05, 0) is 59.5 Å². The van der Waals surface area contributed by atoms with Crippen molar-refractivity contribution in [2.45, 2.75) is 32.5 Å². The number of nitrogens with one attached hydrogen (secondary N) is 1. The fourth-order valence-corrected chi connectivity index (χ4v) is 4.42. The van der Waals surface area contributed by atoms with Crippen LogP contribution in [0.5, 0.6) is 5.75 Å². The minimum absolute atomic E-state index is 0.0178. The number of aromatic nitrogens is 2. The minimum Gasteiger partial charge on any atom is -0.484 e. The van der Waals surface area contributed by atoms with Crippen LogP contribution in [0.4, 0.5) is 4.39 Å². The summed E-state index contributed by atoms with van der Waals surface area (Å²) >= 11 is 0. The van der Waals surface area contributed by atoms with Crippen molar-refractivity contribution in [2.75, 3.05) is 6.54 Å². The molecule has 188 valence electrons. The number of hydrogen-bond acceptors (Lipinski definition) is 6. The summed E-state index contributed by atoms with van der Waals surface area (Å²) in [5.41, 5.74) is 3.73. The first-order chi connectivity index (χ1) is 18.0. The van der Waals surface area contributed by atoms with Gasteiger partial charge in [-0.2, -0.15) is 0 Å². The molecule has 2 aromatic carbocycles. The van der Waals surface area contributed by atoms with Crippen LogP contribution in [0.15, 0.2) is 77.5 Å². The summed E-state index contributed by atoms with van der Waals surface area (Å²) in [5.74, 6) is 0.0552. The zero-order chi connectivity index (χ0) is 25.8. The number of carbonyl (C=O) groups excluding carboxylic acids is 2. The van der Waals surface area contributed by atoms with Crippen LogP contribution in [0, 0.1) is 5.82 Å². The Kier molecular flexibility index (Phi) is 6.93. The summed E-state index contributed by atoms with van der Waals surface area (Å²) in [5, 5.41) is 2.75. The summed E-state index contributed by atoms with van der Waals surface area (Å²) < 4.78 is 24.9. The lowest BCUT2D eigenvalue weighted by molar-refractivity contribution is -0.130. The molecule has 0 bridgehead atoms. The molecule has 1 N–H and O–H groups in total. The number of fused-ring (bicyclic) bond motifs is 1. The van der Waals surface area contributed by atoms with Crippen LogP contribution < -0.4 is 10.1 Å². The van der Waals surface area contributed by atoms with Crippen LogP contribution in [0.25, 0.3) is 0 Å². The molecule has 4 aromatic rings. The molecule has 1 atom stereocenters. The first-order valence-corrected chi connectivity index (χ1v) is 11.9. The second-order valence-electron chi connectivity index (χ2n) is 8.70. The van der Waals surface area contributed by atoms with Crippen LogP contribution in [0.2, 0.25) is 0 Å². The number of amides is 2. The van der Waals surface area contributed by atoms with Crippen molar-refractivity contribution in [1.82, 2.24) is 20.2 Å². The summed E-state index contributed by atoms with van der Waals surface area (Å²) in [6, 6.07) is 17.0. The minimum atomic E-state index is -0.374. The zero-order valence-corrected chi connectivity index (χ0v) is 20.2. The maximum Gasteiger partial charge on any atom is 0.273 e. The van der Waals surface area contributed by atoms with Gasteiger partial charge >= 0.3 is 0 Å². The van der Waals surface area contributed by atoms with Crippen molar-refractivity contribution in [3.05, 3.63) is 113 Å². The van der Waals surface area contributed by atoms with E-state index >= 15 is 0 Å². The van der Waals surface area contributed by atoms with E-state index in [0.717, 1.165) is 22.4 Å². The molecule has 0 saturated carbocycles. The van der Waals surface area contributed by atoms with Crippen LogP contribution in [0.3, 0.4) is 0 Å². The molecule has 37 heavy (non-hydrogen) atoms. The van der Waals surface area contributed by atoms with Crippen LogP contribution >= 0.6 is 0 Å². The SMILES string of the molecule is CC(=O)N1CCc2ccc(OCc3nc(C(=O)NCc4ccccn4)co3)cc2C1c1ccc(F)cc1. The average molecular weight is 501 g/mol. The highest BCUT2D eigenvalue weighted by Gasteiger charge is 2.31. The highest BCUT2D eigenvalue weighted by Crippen LogP contribution is 2.37. The van der Waals surface area contributed by atoms with Crippen molar-refractivity contribution < 1.29 is 23.1 Å². The fourth-order valence-electron chi connectivity index (χ4n) is 4.42. The third-order valence-electron chi connectivity index (χ3n) is 6.24. The van der Waals surface area contributed by atoms with E-state index in [1.807, 2.05) is 30.3 Å². The van der Waals surface area contributed by atoms with Gasteiger partial charge in [0.1, 0.15) is 17.8 Å². The van der Waals surface area contributed by atoms with Gasteiger partial charge in [0.15, 0.2) is 12.3 Å². The molecule has 1 aliphatic heterocycles. The molecule has 3 heterocycles. The maximum atomic E-state index is 13.6. The lowest BCUT2D eigenvalue weighted by Gasteiger charge is -2.37. The van der Waals surface area contributed by atoms with Gasteiger partial charge in [-0.25, -0.2) is 9.37 Å². The normalized spacial score (nSPS) is 14.6. The quantitative estimate of drug-likeness (QED) is 0.408. The fraction of sp³-hybridized carbons (Fsp3) is 0.214. The first-order valence-electron chi connectivity index (χ1n) is 11.9. The third-order valence-corrected chi connectivity index (χ3v) is 6.24. The molecule has 2 amide bonds. The van der Waals surface area contributed by atoms with Crippen molar-refractivity contribution in [2.24, 2.45) is 0 Å². The number of ether oxygens (including phenoxy) is 1. The largest absolute Gasteiger partial charge is 0.484 e. The Hall–Kier alpha value is -4.53. The van der Waals surface area contributed by atoms with Gasteiger partial charge in [0.2, 0.25) is 11.8 Å². The van der Waals surface area contributed by atoms with Crippen LogP contribution in [-0.2, 0) is 24.4 Å². The number of oxazole rings is 1. The lowest BCUT2D eigenvalue weighted by Crippen LogP contribution is -2.39. The van der Waals surface area contributed by atoms with Crippen LogP contribution in [0.1, 0.15) is 51.7 Å². The molecule has 1 aliphatic rings. The number of benzene rings is 2. The van der Waals surface area contributed by atoms with E-state index in [9.17, 15) is 14.0 Å². The molecule has 0 fully saturated rings. The Morgan fingerprint density at radius 3 is 2.76 bits per heavy atom. The number of hydrogen-bond donors (Lipinski definition) is 1. The summed E-state index contributed by atoms with van der Waals surface area (Å²) in [6.45, 7) is 2.41. The first kappa shape index (κ1) is 24.2. The number of rotatable bonds is 7. The van der Waals surface area contributed by atoms with Gasteiger partial charge in [0.05, 0.1) is 18.3 Å². The molecule has 0 radical (unpaired) electrons. The zero-order valence-electron chi connectivity index (χ0n) is 20.2. The molecule has 0 saturated heterocycles. The summed E-state index contributed by atoms with van der Waals surface area (Å²) in [6.07, 6.45) is 3.66. The Morgan fingerprint density at radius 2 is 2.00 bits per heavy atom. The van der Waals surface area contributed by atoms with Crippen molar-refractivity contribution in [1.29, 1.82) is 0 Å². The monoisotopic (exact) mass is 500 g/mol. The predicted octanol–water partition coefficient (Wildman–Crippen LogP) is 4.21. The Labute approximate surface area is 213 Å². The number of halogens is 1. The predicted molar refractivity (Wildman–Crippen MR) is 132 cm³/mol. The molecule has 8 nitrogen and oxygen atoms in total. The number of carbonyl (C=O) groups is 2. The van der Waals surface area contributed by atoms with Crippen molar-refractivity contribution in [3.63, 3.8) is 0 Å². The molecular formula is C28H25FN4O4.